The first-order valence-electron chi connectivity index (χ1n) is 6.23. The predicted octanol–water partition coefficient (Wildman–Crippen LogP) is 1.23. The highest BCUT2D eigenvalue weighted by atomic mass is 19.1. The number of nitrogen functional groups attached to an aromatic ring is 1. The normalized spacial score (nSPS) is 10.7. The zero-order valence-electron chi connectivity index (χ0n) is 11.3. The number of likely N-dealkylation sites (N-methyl/N-ethyl adjacent to an activating group) is 1. The minimum absolute atomic E-state index is 0.00449. The van der Waals surface area contributed by atoms with Crippen molar-refractivity contribution in [3.63, 3.8) is 0 Å². The average molecular weight is 269 g/mol. The van der Waals surface area contributed by atoms with E-state index in [1.54, 1.807) is 0 Å². The van der Waals surface area contributed by atoms with Gasteiger partial charge in [-0.3, -0.25) is 4.79 Å². The number of primary amides is 1. The van der Waals surface area contributed by atoms with Gasteiger partial charge in [-0.15, -0.1) is 0 Å². The summed E-state index contributed by atoms with van der Waals surface area (Å²) in [6.07, 6.45) is 0. The SMILES string of the molecule is CCN(CC)CCOc1cc(C(N)=O)c(N)cc1F. The molecule has 0 radical (unpaired) electrons. The minimum atomic E-state index is -0.703. The van der Waals surface area contributed by atoms with E-state index in [1.165, 1.54) is 6.07 Å². The molecule has 1 aromatic rings. The molecule has 0 saturated carbocycles. The van der Waals surface area contributed by atoms with E-state index in [2.05, 4.69) is 4.90 Å². The van der Waals surface area contributed by atoms with Crippen LogP contribution in [0.4, 0.5) is 10.1 Å². The molecule has 0 aliphatic heterocycles. The molecule has 0 saturated heterocycles. The average Bonchev–Trinajstić information content (AvgIpc) is 2.36. The van der Waals surface area contributed by atoms with E-state index in [0.717, 1.165) is 19.2 Å². The number of nitrogens with zero attached hydrogens (tertiary/aromatic N) is 1. The van der Waals surface area contributed by atoms with Gasteiger partial charge in [-0.2, -0.15) is 0 Å². The summed E-state index contributed by atoms with van der Waals surface area (Å²) < 4.78 is 18.9. The van der Waals surface area contributed by atoms with E-state index >= 15 is 0 Å². The van der Waals surface area contributed by atoms with E-state index in [-0.39, 0.29) is 17.0 Å². The van der Waals surface area contributed by atoms with Gasteiger partial charge in [0.1, 0.15) is 6.61 Å². The molecular formula is C13H20FN3O2. The van der Waals surface area contributed by atoms with Crippen LogP contribution in [0, 0.1) is 5.82 Å². The molecule has 106 valence electrons. The van der Waals surface area contributed by atoms with Gasteiger partial charge in [0.15, 0.2) is 11.6 Å². The lowest BCUT2D eigenvalue weighted by Crippen LogP contribution is -2.28. The molecule has 0 atom stereocenters. The van der Waals surface area contributed by atoms with Crippen molar-refractivity contribution in [1.29, 1.82) is 0 Å². The summed E-state index contributed by atoms with van der Waals surface area (Å²) in [6.45, 7) is 6.90. The third-order valence-corrected chi connectivity index (χ3v) is 2.93. The Labute approximate surface area is 112 Å². The Hall–Kier alpha value is -1.82. The molecule has 0 unspecified atom stereocenters. The number of amides is 1. The van der Waals surface area contributed by atoms with Crippen molar-refractivity contribution in [2.75, 3.05) is 32.0 Å². The number of hydrogen-bond donors (Lipinski definition) is 2. The highest BCUT2D eigenvalue weighted by molar-refractivity contribution is 5.98. The number of anilines is 1. The Bertz CT molecular complexity index is 448. The zero-order chi connectivity index (χ0) is 14.4. The Balaban J connectivity index is 2.73. The van der Waals surface area contributed by atoms with Crippen LogP contribution in [0.3, 0.4) is 0 Å². The fraction of sp³-hybridized carbons (Fsp3) is 0.462. The van der Waals surface area contributed by atoms with Crippen molar-refractivity contribution in [2.45, 2.75) is 13.8 Å². The molecule has 5 nitrogen and oxygen atoms in total. The van der Waals surface area contributed by atoms with E-state index in [9.17, 15) is 9.18 Å². The minimum Gasteiger partial charge on any atom is -0.489 e. The first kappa shape index (κ1) is 15.2. The van der Waals surface area contributed by atoms with Gasteiger partial charge >= 0.3 is 0 Å². The topological polar surface area (TPSA) is 81.6 Å². The summed E-state index contributed by atoms with van der Waals surface area (Å²) in [7, 11) is 0. The Morgan fingerprint density at radius 1 is 1.37 bits per heavy atom. The van der Waals surface area contributed by atoms with Crippen LogP contribution >= 0.6 is 0 Å². The van der Waals surface area contributed by atoms with Crippen molar-refractivity contribution >= 4 is 11.6 Å². The van der Waals surface area contributed by atoms with E-state index in [4.69, 9.17) is 16.2 Å². The van der Waals surface area contributed by atoms with Gasteiger partial charge in [-0.1, -0.05) is 13.8 Å². The molecule has 0 bridgehead atoms. The first-order chi connectivity index (χ1) is 8.99. The highest BCUT2D eigenvalue weighted by Gasteiger charge is 2.13. The van der Waals surface area contributed by atoms with Gasteiger partial charge in [-0.05, 0) is 19.2 Å². The summed E-state index contributed by atoms with van der Waals surface area (Å²) in [6, 6.07) is 2.29. The van der Waals surface area contributed by atoms with Crippen molar-refractivity contribution < 1.29 is 13.9 Å². The largest absolute Gasteiger partial charge is 0.489 e. The lowest BCUT2D eigenvalue weighted by molar-refractivity contribution is 0.100. The Morgan fingerprint density at radius 2 is 2.00 bits per heavy atom. The molecule has 0 aromatic heterocycles. The van der Waals surface area contributed by atoms with Crippen LogP contribution in [-0.4, -0.2) is 37.0 Å². The molecule has 1 rings (SSSR count). The van der Waals surface area contributed by atoms with Crippen LogP contribution in [0.2, 0.25) is 0 Å². The third kappa shape index (κ3) is 4.10. The van der Waals surface area contributed by atoms with Crippen molar-refractivity contribution in [3.8, 4) is 5.75 Å². The maximum atomic E-state index is 13.6. The molecule has 1 amide bonds. The van der Waals surface area contributed by atoms with Crippen LogP contribution in [0.5, 0.6) is 5.75 Å². The maximum Gasteiger partial charge on any atom is 0.250 e. The summed E-state index contributed by atoms with van der Waals surface area (Å²) in [4.78, 5) is 13.3. The number of carbonyl (C=O) groups excluding carboxylic acids is 1. The molecule has 19 heavy (non-hydrogen) atoms. The van der Waals surface area contributed by atoms with E-state index < -0.39 is 11.7 Å². The van der Waals surface area contributed by atoms with Gasteiger partial charge in [0.2, 0.25) is 0 Å². The summed E-state index contributed by atoms with van der Waals surface area (Å²) in [5.41, 5.74) is 10.7. The monoisotopic (exact) mass is 269 g/mol. The van der Waals surface area contributed by atoms with Gasteiger partial charge in [0, 0.05) is 18.3 Å². The van der Waals surface area contributed by atoms with Crippen molar-refractivity contribution in [3.05, 3.63) is 23.5 Å². The molecule has 4 N–H and O–H groups in total. The number of nitrogens with two attached hydrogens (primary N) is 2. The Kier molecular flexibility index (Phi) is 5.57. The Morgan fingerprint density at radius 3 is 2.53 bits per heavy atom. The third-order valence-electron chi connectivity index (χ3n) is 2.93. The van der Waals surface area contributed by atoms with Crippen LogP contribution in [0.15, 0.2) is 12.1 Å². The molecule has 0 spiro atoms. The fourth-order valence-corrected chi connectivity index (χ4v) is 1.72. The van der Waals surface area contributed by atoms with E-state index in [0.29, 0.717) is 13.2 Å². The van der Waals surface area contributed by atoms with Gasteiger partial charge in [0.25, 0.3) is 5.91 Å². The number of ether oxygens (including phenoxy) is 1. The van der Waals surface area contributed by atoms with E-state index in [1.807, 2.05) is 13.8 Å². The van der Waals surface area contributed by atoms with Gasteiger partial charge in [-0.25, -0.2) is 4.39 Å². The predicted molar refractivity (Wildman–Crippen MR) is 72.6 cm³/mol. The number of halogens is 1. The standard InChI is InChI=1S/C13H20FN3O2/c1-3-17(4-2)5-6-19-12-7-9(13(16)18)11(15)8-10(12)14/h7-8H,3-6,15H2,1-2H3,(H2,16,18). The second kappa shape index (κ2) is 6.94. The van der Waals surface area contributed by atoms with Crippen molar-refractivity contribution in [1.82, 2.24) is 4.90 Å². The molecule has 0 fully saturated rings. The highest BCUT2D eigenvalue weighted by Crippen LogP contribution is 2.23. The van der Waals surface area contributed by atoms with Gasteiger partial charge in [0.05, 0.1) is 5.56 Å². The molecule has 0 heterocycles. The van der Waals surface area contributed by atoms with Crippen molar-refractivity contribution in [2.24, 2.45) is 5.73 Å². The molecule has 0 aliphatic rings. The quantitative estimate of drug-likeness (QED) is 0.729. The maximum absolute atomic E-state index is 13.6. The number of hydrogen-bond acceptors (Lipinski definition) is 4. The van der Waals surface area contributed by atoms with Crippen LogP contribution < -0.4 is 16.2 Å². The molecule has 0 aliphatic carbocycles. The summed E-state index contributed by atoms with van der Waals surface area (Å²) >= 11 is 0. The van der Waals surface area contributed by atoms with Gasteiger partial charge < -0.3 is 21.1 Å². The lowest BCUT2D eigenvalue weighted by atomic mass is 10.1. The number of carbonyl (C=O) groups is 1. The second-order valence-corrected chi connectivity index (χ2v) is 4.11. The summed E-state index contributed by atoms with van der Waals surface area (Å²) in [5, 5.41) is 0. The molecule has 6 heteroatoms. The molecular weight excluding hydrogens is 249 g/mol. The van der Waals surface area contributed by atoms with Crippen LogP contribution in [0.1, 0.15) is 24.2 Å². The summed E-state index contributed by atoms with van der Waals surface area (Å²) in [5.74, 6) is -1.30. The molecule has 1 aromatic carbocycles. The smallest absolute Gasteiger partial charge is 0.250 e. The van der Waals surface area contributed by atoms with Crippen LogP contribution in [-0.2, 0) is 0 Å². The number of rotatable bonds is 7. The second-order valence-electron chi connectivity index (χ2n) is 4.11. The lowest BCUT2D eigenvalue weighted by Gasteiger charge is -2.18. The number of benzene rings is 1. The first-order valence-corrected chi connectivity index (χ1v) is 6.23. The fourth-order valence-electron chi connectivity index (χ4n) is 1.72. The van der Waals surface area contributed by atoms with Crippen LogP contribution in [0.25, 0.3) is 0 Å². The zero-order valence-corrected chi connectivity index (χ0v) is 11.3.